The first kappa shape index (κ1) is 19.2. The molecule has 4 aromatic rings. The summed E-state index contributed by atoms with van der Waals surface area (Å²) in [5, 5.41) is 2.84. The summed E-state index contributed by atoms with van der Waals surface area (Å²) in [7, 11) is 0. The average molecular weight is 441 g/mol. The van der Waals surface area contributed by atoms with Crippen molar-refractivity contribution in [3.63, 3.8) is 0 Å². The second-order valence-corrected chi connectivity index (χ2v) is 8.68. The molecule has 30 heavy (non-hydrogen) atoms. The first-order chi connectivity index (χ1) is 14.6. The van der Waals surface area contributed by atoms with Crippen LogP contribution in [0, 0.1) is 6.92 Å². The lowest BCUT2D eigenvalue weighted by Crippen LogP contribution is -2.15. The molecule has 0 atom stereocenters. The molecule has 0 unspecified atom stereocenters. The van der Waals surface area contributed by atoms with Crippen LogP contribution in [0.5, 0.6) is 11.5 Å². The van der Waals surface area contributed by atoms with Crippen LogP contribution in [-0.4, -0.2) is 32.1 Å². The van der Waals surface area contributed by atoms with Gasteiger partial charge < -0.3 is 14.0 Å². The molecule has 0 saturated carbocycles. The molecule has 0 fully saturated rings. The molecule has 154 valence electrons. The van der Waals surface area contributed by atoms with E-state index in [1.807, 2.05) is 36.7 Å². The average Bonchev–Trinajstić information content (AvgIpc) is 3.35. The predicted octanol–water partition coefficient (Wildman–Crippen LogP) is 4.01. The molecule has 0 amide bonds. The number of hydrogen-bond acceptors (Lipinski definition) is 7. The molecular formula is C21H20N4O3S2. The number of aryl methyl sites for hydroxylation is 1. The molecule has 1 aliphatic rings. The van der Waals surface area contributed by atoms with Crippen LogP contribution in [0.4, 0.5) is 0 Å². The fourth-order valence-corrected chi connectivity index (χ4v) is 5.35. The number of thiazole rings is 1. The number of fused-ring (bicyclic) bond motifs is 2. The SMILES string of the molecule is CCn1c(-c2ccc3c(c2)OCCO3)cnc1SCc1cc(=O)n2c(C)csc2n1. The molecule has 0 aliphatic carbocycles. The zero-order chi connectivity index (χ0) is 20.7. The van der Waals surface area contributed by atoms with E-state index in [9.17, 15) is 4.79 Å². The van der Waals surface area contributed by atoms with E-state index in [1.54, 1.807) is 22.2 Å². The Morgan fingerprint density at radius 2 is 2.03 bits per heavy atom. The number of hydrogen-bond donors (Lipinski definition) is 0. The molecule has 1 aromatic carbocycles. The van der Waals surface area contributed by atoms with Crippen molar-refractivity contribution in [3.8, 4) is 22.8 Å². The molecule has 7 nitrogen and oxygen atoms in total. The van der Waals surface area contributed by atoms with Crippen LogP contribution in [0.2, 0.25) is 0 Å². The maximum Gasteiger partial charge on any atom is 0.258 e. The number of rotatable bonds is 5. The summed E-state index contributed by atoms with van der Waals surface area (Å²) in [5.74, 6) is 2.13. The Kier molecular flexibility index (Phi) is 5.00. The van der Waals surface area contributed by atoms with Crippen LogP contribution in [0.1, 0.15) is 18.3 Å². The van der Waals surface area contributed by atoms with Gasteiger partial charge in [-0.15, -0.1) is 11.3 Å². The van der Waals surface area contributed by atoms with Gasteiger partial charge in [0, 0.05) is 35.0 Å². The Hall–Kier alpha value is -2.78. The maximum absolute atomic E-state index is 12.4. The zero-order valence-electron chi connectivity index (χ0n) is 16.6. The van der Waals surface area contributed by atoms with E-state index < -0.39 is 0 Å². The van der Waals surface area contributed by atoms with Crippen molar-refractivity contribution in [2.75, 3.05) is 13.2 Å². The highest BCUT2D eigenvalue weighted by Gasteiger charge is 2.17. The minimum absolute atomic E-state index is 0.0369. The first-order valence-electron chi connectivity index (χ1n) is 9.69. The van der Waals surface area contributed by atoms with Gasteiger partial charge in [-0.3, -0.25) is 9.20 Å². The quantitative estimate of drug-likeness (QED) is 0.437. The molecule has 0 radical (unpaired) electrons. The van der Waals surface area contributed by atoms with E-state index in [0.29, 0.717) is 19.0 Å². The van der Waals surface area contributed by atoms with Crippen molar-refractivity contribution < 1.29 is 9.47 Å². The van der Waals surface area contributed by atoms with Gasteiger partial charge in [0.2, 0.25) is 0 Å². The standard InChI is InChI=1S/C21H20N4O3S2/c1-3-24-16(14-4-5-17-18(8-14)28-7-6-27-17)10-22-20(24)30-12-15-9-19(26)25-13(2)11-29-21(25)23-15/h4-5,8-11H,3,6-7,12H2,1-2H3. The van der Waals surface area contributed by atoms with E-state index >= 15 is 0 Å². The summed E-state index contributed by atoms with van der Waals surface area (Å²) in [6.07, 6.45) is 1.88. The summed E-state index contributed by atoms with van der Waals surface area (Å²) < 4.78 is 15.1. The van der Waals surface area contributed by atoms with Gasteiger partial charge in [0.05, 0.1) is 17.6 Å². The van der Waals surface area contributed by atoms with Crippen molar-refractivity contribution in [2.45, 2.75) is 31.3 Å². The molecule has 0 bridgehead atoms. The Bertz CT molecular complexity index is 1290. The Morgan fingerprint density at radius 1 is 1.20 bits per heavy atom. The van der Waals surface area contributed by atoms with Crippen molar-refractivity contribution in [1.82, 2.24) is 18.9 Å². The van der Waals surface area contributed by atoms with Crippen LogP contribution < -0.4 is 15.0 Å². The Morgan fingerprint density at radius 3 is 2.87 bits per heavy atom. The van der Waals surface area contributed by atoms with Crippen LogP contribution in [0.3, 0.4) is 0 Å². The lowest BCUT2D eigenvalue weighted by molar-refractivity contribution is 0.171. The normalized spacial score (nSPS) is 13.1. The zero-order valence-corrected chi connectivity index (χ0v) is 18.3. The van der Waals surface area contributed by atoms with Crippen LogP contribution >= 0.6 is 23.1 Å². The van der Waals surface area contributed by atoms with E-state index in [0.717, 1.165) is 50.8 Å². The van der Waals surface area contributed by atoms with Gasteiger partial charge in [0.25, 0.3) is 5.56 Å². The van der Waals surface area contributed by atoms with Gasteiger partial charge in [-0.05, 0) is 32.0 Å². The molecule has 5 rings (SSSR count). The molecule has 0 saturated heterocycles. The molecule has 0 N–H and O–H groups in total. The summed E-state index contributed by atoms with van der Waals surface area (Å²) in [6.45, 7) is 5.93. The van der Waals surface area contributed by atoms with E-state index in [4.69, 9.17) is 9.47 Å². The molecule has 4 heterocycles. The van der Waals surface area contributed by atoms with Crippen LogP contribution in [-0.2, 0) is 12.3 Å². The molecular weight excluding hydrogens is 420 g/mol. The van der Waals surface area contributed by atoms with E-state index in [-0.39, 0.29) is 5.56 Å². The smallest absolute Gasteiger partial charge is 0.258 e. The highest BCUT2D eigenvalue weighted by molar-refractivity contribution is 7.98. The van der Waals surface area contributed by atoms with Gasteiger partial charge in [-0.1, -0.05) is 11.8 Å². The molecule has 1 aliphatic heterocycles. The monoisotopic (exact) mass is 440 g/mol. The number of imidazole rings is 1. The number of nitrogens with zero attached hydrogens (tertiary/aromatic N) is 4. The molecule has 0 spiro atoms. The lowest BCUT2D eigenvalue weighted by Gasteiger charge is -2.19. The Balaban J connectivity index is 1.41. The fourth-order valence-electron chi connectivity index (χ4n) is 3.53. The summed E-state index contributed by atoms with van der Waals surface area (Å²) in [4.78, 5) is 22.4. The topological polar surface area (TPSA) is 70.7 Å². The third-order valence-corrected chi connectivity index (χ3v) is 6.92. The molecule has 9 heteroatoms. The van der Waals surface area contributed by atoms with Crippen molar-refractivity contribution in [1.29, 1.82) is 0 Å². The van der Waals surface area contributed by atoms with Crippen LogP contribution in [0.25, 0.3) is 16.2 Å². The van der Waals surface area contributed by atoms with Gasteiger partial charge in [-0.25, -0.2) is 9.97 Å². The largest absolute Gasteiger partial charge is 0.486 e. The van der Waals surface area contributed by atoms with Gasteiger partial charge in [0.15, 0.2) is 21.6 Å². The number of ether oxygens (including phenoxy) is 2. The molecule has 3 aromatic heterocycles. The summed E-state index contributed by atoms with van der Waals surface area (Å²) in [6, 6.07) is 7.59. The number of aromatic nitrogens is 4. The second kappa shape index (κ2) is 7.81. The van der Waals surface area contributed by atoms with Crippen LogP contribution in [0.15, 0.2) is 45.8 Å². The Labute approximate surface area is 181 Å². The highest BCUT2D eigenvalue weighted by Crippen LogP contribution is 2.36. The van der Waals surface area contributed by atoms with Crippen molar-refractivity contribution in [3.05, 3.63) is 57.6 Å². The minimum Gasteiger partial charge on any atom is -0.486 e. The fraction of sp³-hybridized carbons (Fsp3) is 0.286. The maximum atomic E-state index is 12.4. The van der Waals surface area contributed by atoms with E-state index in [1.165, 1.54) is 11.3 Å². The predicted molar refractivity (Wildman–Crippen MR) is 118 cm³/mol. The number of thioether (sulfide) groups is 1. The third kappa shape index (κ3) is 3.37. The van der Waals surface area contributed by atoms with Crippen molar-refractivity contribution >= 4 is 28.1 Å². The minimum atomic E-state index is -0.0369. The first-order valence-corrected chi connectivity index (χ1v) is 11.6. The van der Waals surface area contributed by atoms with Gasteiger partial charge in [-0.2, -0.15) is 0 Å². The van der Waals surface area contributed by atoms with E-state index in [2.05, 4.69) is 21.5 Å². The van der Waals surface area contributed by atoms with Gasteiger partial charge >= 0.3 is 0 Å². The summed E-state index contributed by atoms with van der Waals surface area (Å²) in [5.41, 5.74) is 3.70. The van der Waals surface area contributed by atoms with Gasteiger partial charge in [0.1, 0.15) is 13.2 Å². The second-order valence-electron chi connectivity index (χ2n) is 6.90. The number of benzene rings is 1. The highest BCUT2D eigenvalue weighted by atomic mass is 32.2. The lowest BCUT2D eigenvalue weighted by atomic mass is 10.1. The summed E-state index contributed by atoms with van der Waals surface area (Å²) >= 11 is 3.07. The third-order valence-electron chi connectivity index (χ3n) is 4.95. The van der Waals surface area contributed by atoms with Crippen molar-refractivity contribution in [2.24, 2.45) is 0 Å².